The summed E-state index contributed by atoms with van der Waals surface area (Å²) < 4.78 is 32.1. The van der Waals surface area contributed by atoms with Crippen LogP contribution in [-0.4, -0.2) is 32.2 Å². The van der Waals surface area contributed by atoms with Crippen LogP contribution in [0.1, 0.15) is 19.0 Å². The van der Waals surface area contributed by atoms with Crippen molar-refractivity contribution in [1.82, 2.24) is 9.71 Å². The molecule has 1 saturated heterocycles. The molecule has 6 nitrogen and oxygen atoms in total. The summed E-state index contributed by atoms with van der Waals surface area (Å²) in [5.41, 5.74) is 5.61. The molecular formula is C10H17N3O3S. The van der Waals surface area contributed by atoms with Crippen molar-refractivity contribution in [3.63, 3.8) is 0 Å². The summed E-state index contributed by atoms with van der Waals surface area (Å²) in [5.74, 6) is 0. The van der Waals surface area contributed by atoms with E-state index in [1.54, 1.807) is 6.07 Å². The minimum absolute atomic E-state index is 0.214. The van der Waals surface area contributed by atoms with Crippen LogP contribution in [0.3, 0.4) is 0 Å². The zero-order valence-electron chi connectivity index (χ0n) is 9.69. The van der Waals surface area contributed by atoms with Gasteiger partial charge in [0.05, 0.1) is 17.0 Å². The smallest absolute Gasteiger partial charge is 0.242 e. The van der Waals surface area contributed by atoms with Crippen LogP contribution in [-0.2, 0) is 21.3 Å². The fourth-order valence-electron chi connectivity index (χ4n) is 1.82. The highest BCUT2D eigenvalue weighted by molar-refractivity contribution is 7.89. The van der Waals surface area contributed by atoms with Crippen molar-refractivity contribution in [2.75, 3.05) is 13.2 Å². The molecule has 1 aliphatic rings. The summed E-state index contributed by atoms with van der Waals surface area (Å²) in [6, 6.07) is 1.54. The second-order valence-electron chi connectivity index (χ2n) is 4.53. The van der Waals surface area contributed by atoms with Gasteiger partial charge in [-0.15, -0.1) is 0 Å². The van der Waals surface area contributed by atoms with Crippen LogP contribution in [0.25, 0.3) is 0 Å². The molecule has 0 saturated carbocycles. The van der Waals surface area contributed by atoms with Gasteiger partial charge in [0, 0.05) is 25.0 Å². The predicted octanol–water partition coefficient (Wildman–Crippen LogP) is -0.0693. The van der Waals surface area contributed by atoms with E-state index < -0.39 is 15.6 Å². The van der Waals surface area contributed by atoms with E-state index in [9.17, 15) is 8.42 Å². The van der Waals surface area contributed by atoms with Crippen LogP contribution in [0.15, 0.2) is 17.2 Å². The van der Waals surface area contributed by atoms with E-state index >= 15 is 0 Å². The topological polar surface area (TPSA) is 97.2 Å². The molecule has 0 bridgehead atoms. The third-order valence-electron chi connectivity index (χ3n) is 2.85. The summed E-state index contributed by atoms with van der Waals surface area (Å²) in [4.78, 5) is 3.04. The van der Waals surface area contributed by atoms with Crippen LogP contribution < -0.4 is 10.5 Å². The lowest BCUT2D eigenvalue weighted by molar-refractivity contribution is 0.178. The normalized spacial score (nSPS) is 25.3. The molecule has 0 spiro atoms. The largest absolute Gasteiger partial charge is 0.379 e. The first-order valence-electron chi connectivity index (χ1n) is 5.44. The number of rotatable bonds is 4. The molecular weight excluding hydrogens is 242 g/mol. The molecule has 96 valence electrons. The molecule has 0 aromatic carbocycles. The molecule has 2 rings (SSSR count). The maximum absolute atomic E-state index is 12.1. The Morgan fingerprint density at radius 2 is 2.41 bits per heavy atom. The Balaban J connectivity index is 2.18. The lowest BCUT2D eigenvalue weighted by Gasteiger charge is -2.22. The molecule has 17 heavy (non-hydrogen) atoms. The van der Waals surface area contributed by atoms with Gasteiger partial charge in [-0.05, 0) is 19.4 Å². The molecule has 1 aromatic heterocycles. The highest BCUT2D eigenvalue weighted by Crippen LogP contribution is 2.21. The molecule has 1 fully saturated rings. The van der Waals surface area contributed by atoms with Crippen molar-refractivity contribution in [3.8, 4) is 0 Å². The number of hydrogen-bond acceptors (Lipinski definition) is 4. The van der Waals surface area contributed by atoms with Crippen molar-refractivity contribution < 1.29 is 13.2 Å². The lowest BCUT2D eigenvalue weighted by Crippen LogP contribution is -2.46. The van der Waals surface area contributed by atoms with E-state index in [-0.39, 0.29) is 11.4 Å². The number of hydrogen-bond donors (Lipinski definition) is 3. The summed E-state index contributed by atoms with van der Waals surface area (Å²) in [7, 11) is -3.51. The lowest BCUT2D eigenvalue weighted by atomic mass is 10.0. The van der Waals surface area contributed by atoms with Gasteiger partial charge in [0.2, 0.25) is 10.0 Å². The average molecular weight is 259 g/mol. The molecule has 1 aromatic rings. The summed E-state index contributed by atoms with van der Waals surface area (Å²) in [6.07, 6.45) is 2.13. The number of nitrogens with two attached hydrogens (primary N) is 1. The molecule has 1 aliphatic heterocycles. The Bertz CT molecular complexity index is 489. The van der Waals surface area contributed by atoms with E-state index in [1.807, 2.05) is 6.92 Å². The number of ether oxygens (including phenoxy) is 1. The van der Waals surface area contributed by atoms with Gasteiger partial charge in [-0.2, -0.15) is 0 Å². The van der Waals surface area contributed by atoms with Crippen molar-refractivity contribution in [3.05, 3.63) is 18.0 Å². The third kappa shape index (κ3) is 2.68. The first-order chi connectivity index (χ1) is 7.95. The maximum atomic E-state index is 12.1. The van der Waals surface area contributed by atoms with Crippen LogP contribution in [0, 0.1) is 0 Å². The van der Waals surface area contributed by atoms with E-state index in [0.717, 1.165) is 0 Å². The van der Waals surface area contributed by atoms with E-state index in [2.05, 4.69) is 9.71 Å². The Hall–Kier alpha value is -0.890. The molecule has 0 aliphatic carbocycles. The highest BCUT2D eigenvalue weighted by atomic mass is 32.2. The predicted molar refractivity (Wildman–Crippen MR) is 62.8 cm³/mol. The second-order valence-corrected chi connectivity index (χ2v) is 6.22. The molecule has 1 atom stereocenters. The van der Waals surface area contributed by atoms with Crippen LogP contribution in [0.5, 0.6) is 0 Å². The van der Waals surface area contributed by atoms with Crippen molar-refractivity contribution >= 4 is 10.0 Å². The Kier molecular flexibility index (Phi) is 3.26. The Morgan fingerprint density at radius 1 is 1.65 bits per heavy atom. The molecule has 4 N–H and O–H groups in total. The number of nitrogens with one attached hydrogen (secondary N) is 2. The van der Waals surface area contributed by atoms with Gasteiger partial charge in [0.15, 0.2) is 0 Å². The molecule has 2 heterocycles. The van der Waals surface area contributed by atoms with Crippen molar-refractivity contribution in [2.45, 2.75) is 30.3 Å². The third-order valence-corrected chi connectivity index (χ3v) is 4.46. The SMILES string of the molecule is CC1(NS(=O)(=O)c2c[nH]c(CN)c2)CCOC1. The zero-order chi connectivity index (χ0) is 12.5. The van der Waals surface area contributed by atoms with E-state index in [0.29, 0.717) is 25.3 Å². The number of aromatic nitrogens is 1. The first-order valence-corrected chi connectivity index (χ1v) is 6.93. The molecule has 7 heteroatoms. The van der Waals surface area contributed by atoms with Gasteiger partial charge in [0.25, 0.3) is 0 Å². The van der Waals surface area contributed by atoms with E-state index in [1.165, 1.54) is 6.20 Å². The van der Waals surface area contributed by atoms with Crippen LogP contribution in [0.2, 0.25) is 0 Å². The second kappa shape index (κ2) is 4.41. The fourth-order valence-corrected chi connectivity index (χ4v) is 3.26. The van der Waals surface area contributed by atoms with Crippen LogP contribution in [0.4, 0.5) is 0 Å². The zero-order valence-corrected chi connectivity index (χ0v) is 10.5. The Labute approximate surface area is 101 Å². The van der Waals surface area contributed by atoms with Gasteiger partial charge >= 0.3 is 0 Å². The maximum Gasteiger partial charge on any atom is 0.242 e. The van der Waals surface area contributed by atoms with Crippen molar-refractivity contribution in [1.29, 1.82) is 0 Å². The van der Waals surface area contributed by atoms with Crippen LogP contribution >= 0.6 is 0 Å². The fraction of sp³-hybridized carbons (Fsp3) is 0.600. The van der Waals surface area contributed by atoms with E-state index in [4.69, 9.17) is 10.5 Å². The molecule has 0 radical (unpaired) electrons. The number of H-pyrrole nitrogens is 1. The van der Waals surface area contributed by atoms with Gasteiger partial charge in [0.1, 0.15) is 0 Å². The van der Waals surface area contributed by atoms with Gasteiger partial charge in [-0.3, -0.25) is 0 Å². The van der Waals surface area contributed by atoms with Gasteiger partial charge < -0.3 is 15.5 Å². The summed E-state index contributed by atoms with van der Waals surface area (Å²) in [6.45, 7) is 3.12. The average Bonchev–Trinajstić information content (AvgIpc) is 2.85. The molecule has 1 unspecified atom stereocenters. The minimum atomic E-state index is -3.51. The monoisotopic (exact) mass is 259 g/mol. The Morgan fingerprint density at radius 3 is 2.94 bits per heavy atom. The number of sulfonamides is 1. The highest BCUT2D eigenvalue weighted by Gasteiger charge is 2.34. The number of aromatic amines is 1. The quantitative estimate of drug-likeness (QED) is 0.705. The summed E-state index contributed by atoms with van der Waals surface area (Å²) >= 11 is 0. The minimum Gasteiger partial charge on any atom is -0.379 e. The van der Waals surface area contributed by atoms with Crippen molar-refractivity contribution in [2.24, 2.45) is 5.73 Å². The summed E-state index contributed by atoms with van der Waals surface area (Å²) in [5, 5.41) is 0. The first kappa shape index (κ1) is 12.6. The van der Waals surface area contributed by atoms with Gasteiger partial charge in [-0.25, -0.2) is 13.1 Å². The standard InChI is InChI=1S/C10H17N3O3S/c1-10(2-3-16-7-10)13-17(14,15)9-4-8(5-11)12-6-9/h4,6,12-13H,2-3,5,7,11H2,1H3. The van der Waals surface area contributed by atoms with Gasteiger partial charge in [-0.1, -0.05) is 0 Å². The molecule has 0 amide bonds.